The van der Waals surface area contributed by atoms with E-state index in [-0.39, 0.29) is 12.6 Å². The van der Waals surface area contributed by atoms with E-state index < -0.39 is 0 Å². The molecule has 1 aliphatic heterocycles. The van der Waals surface area contributed by atoms with Crippen LogP contribution in [-0.2, 0) is 0 Å². The van der Waals surface area contributed by atoms with Crippen molar-refractivity contribution in [1.29, 1.82) is 0 Å². The van der Waals surface area contributed by atoms with Crippen LogP contribution in [0.15, 0.2) is 18.2 Å². The Morgan fingerprint density at radius 3 is 2.25 bits per heavy atom. The summed E-state index contributed by atoms with van der Waals surface area (Å²) < 4.78 is 0. The fourth-order valence-electron chi connectivity index (χ4n) is 2.83. The molecule has 0 aliphatic carbocycles. The lowest BCUT2D eigenvalue weighted by molar-refractivity contribution is 0.0652. The summed E-state index contributed by atoms with van der Waals surface area (Å²) in [6, 6.07) is 5.39. The first-order chi connectivity index (χ1) is 9.67. The number of aliphatic hydroxyl groups excluding tert-OH is 1. The lowest BCUT2D eigenvalue weighted by atomic mass is 10.0. The maximum Gasteiger partial charge on any atom is 0.0629 e. The van der Waals surface area contributed by atoms with Gasteiger partial charge in [-0.15, -0.1) is 0 Å². The molecule has 1 unspecified atom stereocenters. The molecule has 0 bridgehead atoms. The van der Waals surface area contributed by atoms with Crippen molar-refractivity contribution in [3.63, 3.8) is 0 Å². The smallest absolute Gasteiger partial charge is 0.0629 e. The Balaban J connectivity index is 2.10. The van der Waals surface area contributed by atoms with Gasteiger partial charge in [-0.05, 0) is 25.1 Å². The van der Waals surface area contributed by atoms with Gasteiger partial charge < -0.3 is 10.0 Å². The Bertz CT molecular complexity index is 414. The molecule has 112 valence electrons. The normalized spacial score (nSPS) is 19.2. The average molecular weight is 317 g/mol. The van der Waals surface area contributed by atoms with Gasteiger partial charge in [0, 0.05) is 41.8 Å². The Hall–Kier alpha value is -0.320. The molecule has 2 rings (SSSR count). The van der Waals surface area contributed by atoms with Gasteiger partial charge >= 0.3 is 0 Å². The van der Waals surface area contributed by atoms with E-state index in [4.69, 9.17) is 23.2 Å². The van der Waals surface area contributed by atoms with Crippen LogP contribution in [-0.4, -0.2) is 54.2 Å². The quantitative estimate of drug-likeness (QED) is 0.904. The van der Waals surface area contributed by atoms with E-state index in [1.54, 1.807) is 0 Å². The highest BCUT2D eigenvalue weighted by molar-refractivity contribution is 6.36. The number of nitrogens with zero attached hydrogens (tertiary/aromatic N) is 2. The van der Waals surface area contributed by atoms with Crippen LogP contribution in [0.2, 0.25) is 10.0 Å². The van der Waals surface area contributed by atoms with Crippen LogP contribution < -0.4 is 0 Å². The second kappa shape index (κ2) is 7.62. The second-order valence-electron chi connectivity index (χ2n) is 5.21. The van der Waals surface area contributed by atoms with Crippen molar-refractivity contribution in [3.05, 3.63) is 33.8 Å². The zero-order chi connectivity index (χ0) is 14.5. The number of halogens is 2. The number of rotatable bonds is 5. The minimum absolute atomic E-state index is 0.0389. The maximum absolute atomic E-state index is 9.78. The molecule has 1 aromatic rings. The van der Waals surface area contributed by atoms with Gasteiger partial charge in [-0.2, -0.15) is 0 Å². The Labute approximate surface area is 131 Å². The van der Waals surface area contributed by atoms with E-state index in [9.17, 15) is 5.11 Å². The number of aliphatic hydroxyl groups is 1. The van der Waals surface area contributed by atoms with Crippen LogP contribution in [0, 0.1) is 0 Å². The zero-order valence-corrected chi connectivity index (χ0v) is 13.4. The molecule has 1 aliphatic rings. The van der Waals surface area contributed by atoms with Crippen molar-refractivity contribution < 1.29 is 5.11 Å². The van der Waals surface area contributed by atoms with Crippen molar-refractivity contribution in [2.45, 2.75) is 19.4 Å². The third-order valence-electron chi connectivity index (χ3n) is 3.89. The number of benzene rings is 1. The predicted octanol–water partition coefficient (Wildman–Crippen LogP) is 3.05. The van der Waals surface area contributed by atoms with Gasteiger partial charge in [-0.1, -0.05) is 36.2 Å². The SMILES string of the molecule is CCCN1CCN(C(CO)c2c(Cl)cccc2Cl)CC1. The summed E-state index contributed by atoms with van der Waals surface area (Å²) in [6.45, 7) is 7.33. The molecule has 3 nitrogen and oxygen atoms in total. The number of hydrogen-bond acceptors (Lipinski definition) is 3. The summed E-state index contributed by atoms with van der Waals surface area (Å²) in [4.78, 5) is 4.73. The molecule has 1 saturated heterocycles. The van der Waals surface area contributed by atoms with Crippen LogP contribution >= 0.6 is 23.2 Å². The second-order valence-corrected chi connectivity index (χ2v) is 6.03. The Kier molecular flexibility index (Phi) is 6.12. The third-order valence-corrected chi connectivity index (χ3v) is 4.55. The molecule has 1 N–H and O–H groups in total. The van der Waals surface area contributed by atoms with Crippen LogP contribution in [0.1, 0.15) is 24.9 Å². The minimum Gasteiger partial charge on any atom is -0.394 e. The summed E-state index contributed by atoms with van der Waals surface area (Å²) in [5.74, 6) is 0. The van der Waals surface area contributed by atoms with Gasteiger partial charge in [0.05, 0.1) is 12.6 Å². The molecule has 5 heteroatoms. The van der Waals surface area contributed by atoms with Gasteiger partial charge in [0.2, 0.25) is 0 Å². The largest absolute Gasteiger partial charge is 0.394 e. The Morgan fingerprint density at radius 2 is 1.75 bits per heavy atom. The highest BCUT2D eigenvalue weighted by Gasteiger charge is 2.27. The van der Waals surface area contributed by atoms with E-state index >= 15 is 0 Å². The molecule has 1 atom stereocenters. The third kappa shape index (κ3) is 3.66. The molecule has 20 heavy (non-hydrogen) atoms. The monoisotopic (exact) mass is 316 g/mol. The molecular formula is C15H22Cl2N2O. The molecule has 0 saturated carbocycles. The molecule has 0 amide bonds. The van der Waals surface area contributed by atoms with Crippen molar-refractivity contribution in [2.75, 3.05) is 39.3 Å². The summed E-state index contributed by atoms with van der Waals surface area (Å²) in [6.07, 6.45) is 1.18. The van der Waals surface area contributed by atoms with E-state index in [0.29, 0.717) is 10.0 Å². The first-order valence-electron chi connectivity index (χ1n) is 7.18. The van der Waals surface area contributed by atoms with E-state index in [2.05, 4.69) is 16.7 Å². The summed E-state index contributed by atoms with van der Waals surface area (Å²) in [7, 11) is 0. The van der Waals surface area contributed by atoms with Crippen molar-refractivity contribution >= 4 is 23.2 Å². The van der Waals surface area contributed by atoms with Crippen LogP contribution in [0.4, 0.5) is 0 Å². The molecule has 1 aromatic carbocycles. The van der Waals surface area contributed by atoms with Gasteiger partial charge in [-0.3, -0.25) is 4.90 Å². The van der Waals surface area contributed by atoms with Crippen molar-refractivity contribution in [3.8, 4) is 0 Å². The Morgan fingerprint density at radius 1 is 1.15 bits per heavy atom. The summed E-state index contributed by atoms with van der Waals surface area (Å²) in [5.41, 5.74) is 0.849. The molecule has 1 fully saturated rings. The lowest BCUT2D eigenvalue weighted by Crippen LogP contribution is -2.48. The highest BCUT2D eigenvalue weighted by Crippen LogP contribution is 2.33. The molecule has 0 radical (unpaired) electrons. The standard InChI is InChI=1S/C15H22Cl2N2O/c1-2-6-18-7-9-19(10-8-18)14(11-20)15-12(16)4-3-5-13(15)17/h3-5,14,20H,2,6-11H2,1H3. The van der Waals surface area contributed by atoms with Gasteiger partial charge in [0.15, 0.2) is 0 Å². The average Bonchev–Trinajstić information content (AvgIpc) is 2.45. The van der Waals surface area contributed by atoms with E-state index in [0.717, 1.165) is 38.3 Å². The van der Waals surface area contributed by atoms with E-state index in [1.165, 1.54) is 6.42 Å². The van der Waals surface area contributed by atoms with E-state index in [1.807, 2.05) is 18.2 Å². The zero-order valence-electron chi connectivity index (χ0n) is 11.9. The fraction of sp³-hybridized carbons (Fsp3) is 0.600. The van der Waals surface area contributed by atoms with Crippen LogP contribution in [0.5, 0.6) is 0 Å². The van der Waals surface area contributed by atoms with Gasteiger partial charge in [0.25, 0.3) is 0 Å². The minimum atomic E-state index is -0.111. The molecule has 1 heterocycles. The van der Waals surface area contributed by atoms with Crippen molar-refractivity contribution in [2.24, 2.45) is 0 Å². The van der Waals surface area contributed by atoms with Crippen LogP contribution in [0.3, 0.4) is 0 Å². The number of piperazine rings is 1. The topological polar surface area (TPSA) is 26.7 Å². The first kappa shape index (κ1) is 16.1. The predicted molar refractivity (Wildman–Crippen MR) is 84.6 cm³/mol. The van der Waals surface area contributed by atoms with Gasteiger partial charge in [0.1, 0.15) is 0 Å². The number of hydrogen-bond donors (Lipinski definition) is 1. The summed E-state index contributed by atoms with van der Waals surface area (Å²) in [5, 5.41) is 11.0. The molecule has 0 aromatic heterocycles. The van der Waals surface area contributed by atoms with Crippen molar-refractivity contribution in [1.82, 2.24) is 9.80 Å². The molecule has 0 spiro atoms. The first-order valence-corrected chi connectivity index (χ1v) is 7.94. The maximum atomic E-state index is 9.78. The molecular weight excluding hydrogens is 295 g/mol. The van der Waals surface area contributed by atoms with Crippen LogP contribution in [0.25, 0.3) is 0 Å². The van der Waals surface area contributed by atoms with Gasteiger partial charge in [-0.25, -0.2) is 0 Å². The summed E-state index contributed by atoms with van der Waals surface area (Å²) >= 11 is 12.5. The highest BCUT2D eigenvalue weighted by atomic mass is 35.5. The fourth-order valence-corrected chi connectivity index (χ4v) is 3.48. The lowest BCUT2D eigenvalue weighted by Gasteiger charge is -2.39.